The van der Waals surface area contributed by atoms with E-state index in [2.05, 4.69) is 82.7 Å². The monoisotopic (exact) mass is 504 g/mol. The van der Waals surface area contributed by atoms with Crippen LogP contribution in [-0.2, 0) is 0 Å². The lowest BCUT2D eigenvalue weighted by molar-refractivity contribution is 1.10. The molecule has 4 aromatic rings. The summed E-state index contributed by atoms with van der Waals surface area (Å²) in [5, 5.41) is 0. The van der Waals surface area contributed by atoms with Gasteiger partial charge in [0.05, 0.1) is 11.0 Å². The van der Waals surface area contributed by atoms with Gasteiger partial charge < -0.3 is 0 Å². The number of para-hydroxylation sites is 2. The molecule has 24 heavy (non-hydrogen) atoms. The van der Waals surface area contributed by atoms with Gasteiger partial charge in [-0.3, -0.25) is 4.57 Å². The van der Waals surface area contributed by atoms with Gasteiger partial charge in [-0.05, 0) is 42.5 Å². The van der Waals surface area contributed by atoms with E-state index in [0.29, 0.717) is 0 Å². The standard InChI is InChI=1S/C19H11Br3N2/c20-13-5-3-4-12(8-13)19-23-17-6-1-2-7-18(17)24(19)16-10-14(21)9-15(22)11-16/h1-11H. The van der Waals surface area contributed by atoms with Gasteiger partial charge in [0.1, 0.15) is 5.82 Å². The van der Waals surface area contributed by atoms with Crippen LogP contribution in [0.25, 0.3) is 28.1 Å². The van der Waals surface area contributed by atoms with Crippen LogP contribution in [-0.4, -0.2) is 9.55 Å². The van der Waals surface area contributed by atoms with Gasteiger partial charge in [-0.2, -0.15) is 0 Å². The number of nitrogens with zero attached hydrogens (tertiary/aromatic N) is 2. The third-order valence-corrected chi connectivity index (χ3v) is 5.16. The van der Waals surface area contributed by atoms with Gasteiger partial charge in [-0.25, -0.2) is 4.98 Å². The molecule has 0 spiro atoms. The maximum atomic E-state index is 4.87. The number of halogens is 3. The lowest BCUT2D eigenvalue weighted by Crippen LogP contribution is -1.98. The van der Waals surface area contributed by atoms with Crippen LogP contribution in [0.1, 0.15) is 0 Å². The van der Waals surface area contributed by atoms with Gasteiger partial charge in [0, 0.05) is 24.7 Å². The molecule has 0 amide bonds. The number of hydrogen-bond acceptors (Lipinski definition) is 1. The normalized spacial score (nSPS) is 11.1. The molecule has 3 aromatic carbocycles. The zero-order valence-electron chi connectivity index (χ0n) is 12.4. The molecule has 0 aliphatic heterocycles. The first-order valence-corrected chi connectivity index (χ1v) is 9.69. The molecule has 0 aliphatic carbocycles. The molecule has 5 heteroatoms. The second kappa shape index (κ2) is 6.47. The topological polar surface area (TPSA) is 17.8 Å². The molecule has 0 fully saturated rings. The van der Waals surface area contributed by atoms with Crippen LogP contribution in [0.3, 0.4) is 0 Å². The molecular formula is C19H11Br3N2. The molecule has 0 N–H and O–H groups in total. The fraction of sp³-hybridized carbons (Fsp3) is 0. The van der Waals surface area contributed by atoms with Gasteiger partial charge in [0.2, 0.25) is 0 Å². The molecule has 4 rings (SSSR count). The van der Waals surface area contributed by atoms with Crippen molar-refractivity contribution in [1.29, 1.82) is 0 Å². The first-order valence-electron chi connectivity index (χ1n) is 7.32. The average molecular weight is 507 g/mol. The fourth-order valence-corrected chi connectivity index (χ4v) is 4.45. The molecule has 0 saturated heterocycles. The first-order chi connectivity index (χ1) is 11.6. The van der Waals surface area contributed by atoms with Crippen molar-refractivity contribution in [3.8, 4) is 17.1 Å². The molecule has 0 atom stereocenters. The smallest absolute Gasteiger partial charge is 0.145 e. The summed E-state index contributed by atoms with van der Waals surface area (Å²) < 4.78 is 5.26. The molecule has 1 aromatic heterocycles. The lowest BCUT2D eigenvalue weighted by Gasteiger charge is -2.11. The minimum absolute atomic E-state index is 0.919. The summed E-state index contributed by atoms with van der Waals surface area (Å²) in [7, 11) is 0. The van der Waals surface area contributed by atoms with E-state index in [1.807, 2.05) is 36.4 Å². The van der Waals surface area contributed by atoms with Gasteiger partial charge in [-0.1, -0.05) is 72.1 Å². The van der Waals surface area contributed by atoms with Gasteiger partial charge in [0.15, 0.2) is 0 Å². The van der Waals surface area contributed by atoms with Crippen LogP contribution in [0.5, 0.6) is 0 Å². The van der Waals surface area contributed by atoms with Crippen molar-refractivity contribution < 1.29 is 0 Å². The maximum Gasteiger partial charge on any atom is 0.145 e. The second-order valence-corrected chi connectivity index (χ2v) is 8.14. The zero-order chi connectivity index (χ0) is 16.7. The number of benzene rings is 3. The van der Waals surface area contributed by atoms with Crippen LogP contribution in [0.2, 0.25) is 0 Å². The Morgan fingerprint density at radius 3 is 2.21 bits per heavy atom. The number of hydrogen-bond donors (Lipinski definition) is 0. The van der Waals surface area contributed by atoms with Crippen molar-refractivity contribution in [2.45, 2.75) is 0 Å². The Kier molecular flexibility index (Phi) is 4.33. The average Bonchev–Trinajstić information content (AvgIpc) is 2.93. The van der Waals surface area contributed by atoms with Crippen molar-refractivity contribution in [3.05, 3.63) is 80.1 Å². The molecule has 1 heterocycles. The predicted molar refractivity (Wildman–Crippen MR) is 110 cm³/mol. The lowest BCUT2D eigenvalue weighted by atomic mass is 10.2. The summed E-state index contributed by atoms with van der Waals surface area (Å²) >= 11 is 10.7. The van der Waals surface area contributed by atoms with Gasteiger partial charge >= 0.3 is 0 Å². The van der Waals surface area contributed by atoms with Crippen LogP contribution in [0.15, 0.2) is 80.1 Å². The van der Waals surface area contributed by atoms with Crippen LogP contribution >= 0.6 is 47.8 Å². The maximum absolute atomic E-state index is 4.87. The van der Waals surface area contributed by atoms with Gasteiger partial charge in [-0.15, -0.1) is 0 Å². The van der Waals surface area contributed by atoms with Crippen LogP contribution in [0, 0.1) is 0 Å². The minimum atomic E-state index is 0.919. The predicted octanol–water partition coefficient (Wildman–Crippen LogP) is 6.98. The molecular weight excluding hydrogens is 496 g/mol. The Labute approximate surface area is 164 Å². The number of imidazole rings is 1. The highest BCUT2D eigenvalue weighted by Crippen LogP contribution is 2.32. The summed E-state index contributed by atoms with van der Waals surface area (Å²) in [6.45, 7) is 0. The van der Waals surface area contributed by atoms with E-state index in [0.717, 1.165) is 41.5 Å². The fourth-order valence-electron chi connectivity index (χ4n) is 2.78. The van der Waals surface area contributed by atoms with E-state index in [-0.39, 0.29) is 0 Å². The third kappa shape index (κ3) is 2.96. The van der Waals surface area contributed by atoms with Crippen LogP contribution < -0.4 is 0 Å². The SMILES string of the molecule is Brc1cccc(-c2nc3ccccc3n2-c2cc(Br)cc(Br)c2)c1. The van der Waals surface area contributed by atoms with Crippen molar-refractivity contribution in [2.24, 2.45) is 0 Å². The van der Waals surface area contributed by atoms with E-state index in [4.69, 9.17) is 4.98 Å². The Hall–Kier alpha value is -1.43. The summed E-state index contributed by atoms with van der Waals surface area (Å²) in [5.74, 6) is 0.919. The van der Waals surface area contributed by atoms with E-state index in [1.54, 1.807) is 0 Å². The van der Waals surface area contributed by atoms with Crippen molar-refractivity contribution in [1.82, 2.24) is 9.55 Å². The summed E-state index contributed by atoms with van der Waals surface area (Å²) in [6.07, 6.45) is 0. The molecule has 0 bridgehead atoms. The number of aromatic nitrogens is 2. The summed E-state index contributed by atoms with van der Waals surface area (Å²) in [6, 6.07) is 22.6. The Balaban J connectivity index is 2.07. The van der Waals surface area contributed by atoms with Gasteiger partial charge in [0.25, 0.3) is 0 Å². The van der Waals surface area contributed by atoms with Crippen molar-refractivity contribution in [3.63, 3.8) is 0 Å². The van der Waals surface area contributed by atoms with E-state index in [1.165, 1.54) is 0 Å². The first kappa shape index (κ1) is 16.1. The Bertz CT molecular complexity index is 1030. The second-order valence-electron chi connectivity index (χ2n) is 5.40. The highest BCUT2D eigenvalue weighted by Gasteiger charge is 2.15. The quantitative estimate of drug-likeness (QED) is 0.287. The van der Waals surface area contributed by atoms with E-state index in [9.17, 15) is 0 Å². The van der Waals surface area contributed by atoms with Crippen LogP contribution in [0.4, 0.5) is 0 Å². The minimum Gasteiger partial charge on any atom is -0.292 e. The number of fused-ring (bicyclic) bond motifs is 1. The summed E-state index contributed by atoms with van der Waals surface area (Å²) in [5.41, 5.74) is 4.18. The van der Waals surface area contributed by atoms with E-state index < -0.39 is 0 Å². The number of rotatable bonds is 2. The van der Waals surface area contributed by atoms with Crippen molar-refractivity contribution in [2.75, 3.05) is 0 Å². The van der Waals surface area contributed by atoms with E-state index >= 15 is 0 Å². The molecule has 2 nitrogen and oxygen atoms in total. The zero-order valence-corrected chi connectivity index (χ0v) is 17.1. The Morgan fingerprint density at radius 1 is 0.708 bits per heavy atom. The highest BCUT2D eigenvalue weighted by atomic mass is 79.9. The van der Waals surface area contributed by atoms with Crippen molar-refractivity contribution >= 4 is 58.8 Å². The molecule has 0 aliphatic rings. The Morgan fingerprint density at radius 2 is 1.46 bits per heavy atom. The summed E-state index contributed by atoms with van der Waals surface area (Å²) in [4.78, 5) is 4.87. The molecule has 0 saturated carbocycles. The third-order valence-electron chi connectivity index (χ3n) is 3.75. The molecule has 0 radical (unpaired) electrons. The molecule has 0 unspecified atom stereocenters. The largest absolute Gasteiger partial charge is 0.292 e. The highest BCUT2D eigenvalue weighted by molar-refractivity contribution is 9.11. The molecule has 118 valence electrons.